The molecule has 0 bridgehead atoms. The fourth-order valence-corrected chi connectivity index (χ4v) is 2.04. The number of rotatable bonds is 4. The molecule has 13 heavy (non-hydrogen) atoms. The quantitative estimate of drug-likeness (QED) is 0.725. The maximum absolute atomic E-state index is 5.40. The molecule has 0 aromatic heterocycles. The number of hydrogen-bond donors (Lipinski definition) is 1. The maximum Gasteiger partial charge on any atom is 0.0574 e. The van der Waals surface area contributed by atoms with E-state index in [-0.39, 0.29) is 0 Å². The highest BCUT2D eigenvalue weighted by atomic mass is 16.5. The summed E-state index contributed by atoms with van der Waals surface area (Å²) in [5, 5.41) is 3.50. The largest absolute Gasteiger partial charge is 0.381 e. The Kier molecular flexibility index (Phi) is 4.74. The molecular formula is C11H23NO. The number of ether oxygens (including phenoxy) is 1. The lowest BCUT2D eigenvalue weighted by Gasteiger charge is -2.28. The fourth-order valence-electron chi connectivity index (χ4n) is 2.04. The fraction of sp³-hybridized carbons (Fsp3) is 1.00. The Morgan fingerprint density at radius 2 is 2.15 bits per heavy atom. The first-order valence-electron chi connectivity index (χ1n) is 5.48. The zero-order valence-electron chi connectivity index (χ0n) is 9.18. The molecule has 0 heterocycles. The summed E-state index contributed by atoms with van der Waals surface area (Å²) in [6.45, 7) is 5.57. The van der Waals surface area contributed by atoms with E-state index in [9.17, 15) is 0 Å². The third-order valence-electron chi connectivity index (χ3n) is 2.88. The summed E-state index contributed by atoms with van der Waals surface area (Å²) in [4.78, 5) is 0. The van der Waals surface area contributed by atoms with Gasteiger partial charge in [-0.05, 0) is 31.7 Å². The van der Waals surface area contributed by atoms with Crippen LogP contribution in [0.1, 0.15) is 39.5 Å². The summed E-state index contributed by atoms with van der Waals surface area (Å²) in [5.41, 5.74) is 0. The van der Waals surface area contributed by atoms with Crippen LogP contribution >= 0.6 is 0 Å². The minimum absolute atomic E-state index is 0.521. The van der Waals surface area contributed by atoms with Gasteiger partial charge in [0.15, 0.2) is 0 Å². The first-order valence-corrected chi connectivity index (χ1v) is 5.48. The predicted molar refractivity (Wildman–Crippen MR) is 55.9 cm³/mol. The number of hydrogen-bond acceptors (Lipinski definition) is 2. The van der Waals surface area contributed by atoms with Crippen LogP contribution in [0.15, 0.2) is 0 Å². The van der Waals surface area contributed by atoms with Crippen LogP contribution in [0.25, 0.3) is 0 Å². The van der Waals surface area contributed by atoms with Crippen LogP contribution in [0.3, 0.4) is 0 Å². The molecule has 0 aromatic rings. The standard InChI is InChI=1S/C11H23NO/c1-9(2)12-8-10-5-4-6-11(7-10)13-3/h9-12H,4-8H2,1-3H3. The van der Waals surface area contributed by atoms with Crippen molar-refractivity contribution in [1.82, 2.24) is 5.32 Å². The van der Waals surface area contributed by atoms with Gasteiger partial charge >= 0.3 is 0 Å². The molecule has 1 aliphatic rings. The van der Waals surface area contributed by atoms with Crippen molar-refractivity contribution in [2.75, 3.05) is 13.7 Å². The average molecular weight is 185 g/mol. The second-order valence-electron chi connectivity index (χ2n) is 4.45. The molecule has 2 atom stereocenters. The Balaban J connectivity index is 2.18. The van der Waals surface area contributed by atoms with Gasteiger partial charge in [0.1, 0.15) is 0 Å². The topological polar surface area (TPSA) is 21.3 Å². The highest BCUT2D eigenvalue weighted by Crippen LogP contribution is 2.25. The summed E-state index contributed by atoms with van der Waals surface area (Å²) in [6, 6.07) is 0.614. The highest BCUT2D eigenvalue weighted by molar-refractivity contribution is 4.75. The van der Waals surface area contributed by atoms with E-state index in [1.807, 2.05) is 7.11 Å². The van der Waals surface area contributed by atoms with Gasteiger partial charge in [-0.3, -0.25) is 0 Å². The van der Waals surface area contributed by atoms with Crippen LogP contribution in [0, 0.1) is 5.92 Å². The van der Waals surface area contributed by atoms with Gasteiger partial charge < -0.3 is 10.1 Å². The third kappa shape index (κ3) is 4.10. The lowest BCUT2D eigenvalue weighted by molar-refractivity contribution is 0.0504. The monoisotopic (exact) mass is 185 g/mol. The molecule has 0 spiro atoms. The molecule has 0 aliphatic heterocycles. The summed E-state index contributed by atoms with van der Waals surface area (Å²) >= 11 is 0. The van der Waals surface area contributed by atoms with Crippen LogP contribution in [0.5, 0.6) is 0 Å². The second kappa shape index (κ2) is 5.61. The SMILES string of the molecule is COC1CCCC(CNC(C)C)C1. The highest BCUT2D eigenvalue weighted by Gasteiger charge is 2.21. The minimum Gasteiger partial charge on any atom is -0.381 e. The first-order chi connectivity index (χ1) is 6.22. The smallest absolute Gasteiger partial charge is 0.0574 e. The minimum atomic E-state index is 0.521. The van der Waals surface area contributed by atoms with Crippen molar-refractivity contribution in [3.8, 4) is 0 Å². The van der Waals surface area contributed by atoms with E-state index in [1.54, 1.807) is 0 Å². The normalized spacial score (nSPS) is 29.5. The van der Waals surface area contributed by atoms with Gasteiger partial charge in [-0.15, -0.1) is 0 Å². The molecule has 78 valence electrons. The van der Waals surface area contributed by atoms with Crippen molar-refractivity contribution in [3.05, 3.63) is 0 Å². The Morgan fingerprint density at radius 3 is 2.77 bits per heavy atom. The molecule has 0 amide bonds. The van der Waals surface area contributed by atoms with Gasteiger partial charge in [0.2, 0.25) is 0 Å². The van der Waals surface area contributed by atoms with Crippen molar-refractivity contribution < 1.29 is 4.74 Å². The van der Waals surface area contributed by atoms with Crippen LogP contribution in [0.2, 0.25) is 0 Å². The molecule has 0 saturated heterocycles. The number of methoxy groups -OCH3 is 1. The molecule has 1 fully saturated rings. The van der Waals surface area contributed by atoms with Gasteiger partial charge in [0.25, 0.3) is 0 Å². The average Bonchev–Trinajstić information content (AvgIpc) is 2.15. The lowest BCUT2D eigenvalue weighted by atomic mass is 9.87. The van der Waals surface area contributed by atoms with Crippen molar-refractivity contribution in [1.29, 1.82) is 0 Å². The Labute approximate surface area is 82.0 Å². The van der Waals surface area contributed by atoms with E-state index in [4.69, 9.17) is 4.74 Å². The van der Waals surface area contributed by atoms with Crippen molar-refractivity contribution in [3.63, 3.8) is 0 Å². The zero-order chi connectivity index (χ0) is 9.68. The van der Waals surface area contributed by atoms with Gasteiger partial charge in [-0.2, -0.15) is 0 Å². The predicted octanol–water partition coefficient (Wildman–Crippen LogP) is 2.19. The van der Waals surface area contributed by atoms with E-state index in [2.05, 4.69) is 19.2 Å². The molecule has 1 aliphatic carbocycles. The van der Waals surface area contributed by atoms with Gasteiger partial charge in [-0.1, -0.05) is 20.3 Å². The molecule has 1 N–H and O–H groups in total. The van der Waals surface area contributed by atoms with Crippen LogP contribution in [0.4, 0.5) is 0 Å². The molecule has 0 radical (unpaired) electrons. The maximum atomic E-state index is 5.40. The van der Waals surface area contributed by atoms with E-state index < -0.39 is 0 Å². The van der Waals surface area contributed by atoms with E-state index >= 15 is 0 Å². The van der Waals surface area contributed by atoms with Crippen molar-refractivity contribution in [2.45, 2.75) is 51.7 Å². The summed E-state index contributed by atoms with van der Waals surface area (Å²) < 4.78 is 5.40. The molecule has 1 saturated carbocycles. The van der Waals surface area contributed by atoms with Gasteiger partial charge in [-0.25, -0.2) is 0 Å². The molecule has 0 aromatic carbocycles. The van der Waals surface area contributed by atoms with Crippen LogP contribution in [-0.4, -0.2) is 25.8 Å². The molecule has 2 nitrogen and oxygen atoms in total. The van der Waals surface area contributed by atoms with E-state index in [1.165, 1.54) is 25.7 Å². The van der Waals surface area contributed by atoms with E-state index in [0.717, 1.165) is 12.5 Å². The number of nitrogens with one attached hydrogen (secondary N) is 1. The third-order valence-corrected chi connectivity index (χ3v) is 2.88. The van der Waals surface area contributed by atoms with Gasteiger partial charge in [0.05, 0.1) is 6.10 Å². The molecule has 2 unspecified atom stereocenters. The Bertz CT molecular complexity index is 136. The Morgan fingerprint density at radius 1 is 1.38 bits per heavy atom. The van der Waals surface area contributed by atoms with Crippen molar-refractivity contribution in [2.24, 2.45) is 5.92 Å². The summed E-state index contributed by atoms with van der Waals surface area (Å²) in [6.07, 6.45) is 5.74. The molecule has 1 rings (SSSR count). The molecular weight excluding hydrogens is 162 g/mol. The van der Waals surface area contributed by atoms with Crippen LogP contribution in [-0.2, 0) is 4.74 Å². The first kappa shape index (κ1) is 11.0. The summed E-state index contributed by atoms with van der Waals surface area (Å²) in [7, 11) is 1.84. The van der Waals surface area contributed by atoms with Crippen molar-refractivity contribution >= 4 is 0 Å². The zero-order valence-corrected chi connectivity index (χ0v) is 9.18. The van der Waals surface area contributed by atoms with E-state index in [0.29, 0.717) is 12.1 Å². The second-order valence-corrected chi connectivity index (χ2v) is 4.45. The lowest BCUT2D eigenvalue weighted by Crippen LogP contribution is -2.33. The summed E-state index contributed by atoms with van der Waals surface area (Å²) in [5.74, 6) is 0.834. The molecule has 2 heteroatoms. The van der Waals surface area contributed by atoms with Gasteiger partial charge in [0, 0.05) is 13.2 Å². The van der Waals surface area contributed by atoms with Crippen LogP contribution < -0.4 is 5.32 Å². The Hall–Kier alpha value is -0.0800.